The molecule has 14 heavy (non-hydrogen) atoms. The molecule has 0 nitrogen and oxygen atoms in total. The molecule has 1 aliphatic carbocycles. The molecule has 0 aliphatic heterocycles. The summed E-state index contributed by atoms with van der Waals surface area (Å²) < 4.78 is 0. The minimum absolute atomic E-state index is 0.317. The Balaban J connectivity index is 2.52. The highest BCUT2D eigenvalue weighted by Gasteiger charge is 2.40. The molecule has 0 aromatic heterocycles. The number of hydrogen-bond donors (Lipinski definition) is 0. The van der Waals surface area contributed by atoms with Crippen LogP contribution < -0.4 is 0 Å². The van der Waals surface area contributed by atoms with Crippen LogP contribution in [0.5, 0.6) is 0 Å². The Morgan fingerprint density at radius 1 is 0.786 bits per heavy atom. The predicted octanol–water partition coefficient (Wildman–Crippen LogP) is 4.29. The van der Waals surface area contributed by atoms with E-state index in [4.69, 9.17) is 0 Å². The van der Waals surface area contributed by atoms with E-state index in [9.17, 15) is 0 Å². The highest BCUT2D eigenvalue weighted by Crippen LogP contribution is 2.48. The lowest BCUT2D eigenvalue weighted by Gasteiger charge is -2.22. The normalized spacial score (nSPS) is 43.5. The van der Waals surface area contributed by atoms with Gasteiger partial charge >= 0.3 is 0 Å². The fourth-order valence-corrected chi connectivity index (χ4v) is 3.96. The summed E-state index contributed by atoms with van der Waals surface area (Å²) in [5.74, 6) is 4.79. The predicted molar refractivity (Wildman–Crippen MR) is 68.4 cm³/mol. The topological polar surface area (TPSA) is 0 Å². The molecule has 4 unspecified atom stereocenters. The second-order valence-corrected chi connectivity index (χ2v) is 8.30. The first-order chi connectivity index (χ1) is 6.45. The van der Waals surface area contributed by atoms with Crippen LogP contribution in [0.15, 0.2) is 0 Å². The van der Waals surface area contributed by atoms with E-state index in [1.807, 2.05) is 0 Å². The molecule has 1 saturated carbocycles. The van der Waals surface area contributed by atoms with Crippen LogP contribution in [-0.4, -0.2) is 19.5 Å². The van der Waals surface area contributed by atoms with Gasteiger partial charge < -0.3 is 0 Å². The van der Waals surface area contributed by atoms with E-state index in [1.54, 1.807) is 0 Å². The summed E-state index contributed by atoms with van der Waals surface area (Å²) >= 11 is 0. The average Bonchev–Trinajstić information content (AvgIpc) is 2.29. The van der Waals surface area contributed by atoms with Crippen molar-refractivity contribution in [1.29, 1.82) is 0 Å². The lowest BCUT2D eigenvalue weighted by Crippen LogP contribution is -2.14. The second-order valence-electron chi connectivity index (χ2n) is 5.69. The molecule has 0 bridgehead atoms. The molecule has 1 aliphatic rings. The van der Waals surface area contributed by atoms with Gasteiger partial charge in [0.15, 0.2) is 0 Å². The van der Waals surface area contributed by atoms with Crippen molar-refractivity contribution in [3.63, 3.8) is 0 Å². The molecule has 0 spiro atoms. The molecule has 1 rings (SSSR count). The van der Waals surface area contributed by atoms with Crippen LogP contribution in [0.1, 0.15) is 34.1 Å². The quantitative estimate of drug-likeness (QED) is 0.615. The highest BCUT2D eigenvalue weighted by molar-refractivity contribution is 7.55. The minimum atomic E-state index is 0.317. The number of rotatable bonds is 3. The molecule has 0 amide bonds. The van der Waals surface area contributed by atoms with Crippen LogP contribution in [-0.2, 0) is 0 Å². The Labute approximate surface area is 91.6 Å². The van der Waals surface area contributed by atoms with Gasteiger partial charge in [-0.25, -0.2) is 0 Å². The first-order valence-electron chi connectivity index (χ1n) is 6.09. The molecule has 0 heterocycles. The maximum absolute atomic E-state index is 2.48. The Hall–Kier alpha value is 0.430. The van der Waals surface area contributed by atoms with E-state index in [0.29, 0.717) is 7.92 Å². The molecule has 0 aromatic rings. The maximum atomic E-state index is 2.48. The first-order valence-corrected chi connectivity index (χ1v) is 8.52. The van der Waals surface area contributed by atoms with Crippen molar-refractivity contribution >= 4 is 7.92 Å². The lowest BCUT2D eigenvalue weighted by atomic mass is 9.87. The van der Waals surface area contributed by atoms with Crippen LogP contribution in [0, 0.1) is 29.6 Å². The molecule has 84 valence electrons. The summed E-state index contributed by atoms with van der Waals surface area (Å²) in [5.41, 5.74) is 0. The first kappa shape index (κ1) is 12.5. The van der Waals surface area contributed by atoms with Gasteiger partial charge in [-0.2, -0.15) is 0 Å². The van der Waals surface area contributed by atoms with E-state index in [1.165, 1.54) is 12.6 Å². The van der Waals surface area contributed by atoms with Crippen LogP contribution in [0.2, 0.25) is 0 Å². The molecular weight excluding hydrogens is 187 g/mol. The summed E-state index contributed by atoms with van der Waals surface area (Å²) in [6, 6.07) is 0. The van der Waals surface area contributed by atoms with Gasteiger partial charge in [-0.05, 0) is 55.5 Å². The number of hydrogen-bond acceptors (Lipinski definition) is 0. The van der Waals surface area contributed by atoms with Gasteiger partial charge in [-0.1, -0.05) is 27.7 Å². The van der Waals surface area contributed by atoms with Gasteiger partial charge in [-0.3, -0.25) is 0 Å². The van der Waals surface area contributed by atoms with Crippen LogP contribution in [0.3, 0.4) is 0 Å². The molecule has 1 heteroatoms. The van der Waals surface area contributed by atoms with Gasteiger partial charge in [0.05, 0.1) is 0 Å². The molecular formula is C13H27P. The Bertz CT molecular complexity index is 162. The second kappa shape index (κ2) is 4.97. The summed E-state index contributed by atoms with van der Waals surface area (Å²) in [4.78, 5) is 0. The van der Waals surface area contributed by atoms with E-state index >= 15 is 0 Å². The van der Waals surface area contributed by atoms with Gasteiger partial charge in [-0.15, -0.1) is 7.92 Å². The van der Waals surface area contributed by atoms with Crippen molar-refractivity contribution in [3.05, 3.63) is 0 Å². The molecule has 4 atom stereocenters. The zero-order chi connectivity index (χ0) is 10.9. The van der Waals surface area contributed by atoms with E-state index in [0.717, 1.165) is 29.6 Å². The highest BCUT2D eigenvalue weighted by atomic mass is 31.1. The third-order valence-corrected chi connectivity index (χ3v) is 5.90. The summed E-state index contributed by atoms with van der Waals surface area (Å²) in [7, 11) is 0.317. The molecule has 1 fully saturated rings. The third-order valence-electron chi connectivity index (χ3n) is 4.75. The summed E-state index contributed by atoms with van der Waals surface area (Å²) in [6.45, 7) is 14.7. The Morgan fingerprint density at radius 2 is 1.21 bits per heavy atom. The van der Waals surface area contributed by atoms with Crippen molar-refractivity contribution in [3.8, 4) is 0 Å². The van der Waals surface area contributed by atoms with Gasteiger partial charge in [0.2, 0.25) is 0 Å². The fourth-order valence-electron chi connectivity index (χ4n) is 3.15. The van der Waals surface area contributed by atoms with Gasteiger partial charge in [0, 0.05) is 0 Å². The van der Waals surface area contributed by atoms with Gasteiger partial charge in [0.25, 0.3) is 0 Å². The lowest BCUT2D eigenvalue weighted by molar-refractivity contribution is 0.313. The third kappa shape index (κ3) is 2.51. The largest absolute Gasteiger partial charge is 0.113 e. The van der Waals surface area contributed by atoms with E-state index < -0.39 is 0 Å². The van der Waals surface area contributed by atoms with Crippen molar-refractivity contribution in [2.24, 2.45) is 29.6 Å². The molecule has 0 saturated heterocycles. The van der Waals surface area contributed by atoms with Crippen LogP contribution >= 0.6 is 7.92 Å². The van der Waals surface area contributed by atoms with E-state index in [2.05, 4.69) is 41.0 Å². The smallest absolute Gasteiger partial charge is 0.0328 e. The van der Waals surface area contributed by atoms with Crippen molar-refractivity contribution < 1.29 is 0 Å². The zero-order valence-corrected chi connectivity index (χ0v) is 11.6. The van der Waals surface area contributed by atoms with E-state index in [-0.39, 0.29) is 0 Å². The van der Waals surface area contributed by atoms with Crippen molar-refractivity contribution in [2.75, 3.05) is 19.5 Å². The maximum Gasteiger partial charge on any atom is -0.0328 e. The fraction of sp³-hybridized carbons (Fsp3) is 1.00. The van der Waals surface area contributed by atoms with Crippen molar-refractivity contribution in [1.82, 2.24) is 0 Å². The molecule has 0 radical (unpaired) electrons. The molecule has 0 N–H and O–H groups in total. The van der Waals surface area contributed by atoms with Crippen molar-refractivity contribution in [2.45, 2.75) is 34.1 Å². The molecule has 0 aromatic carbocycles. The summed E-state index contributed by atoms with van der Waals surface area (Å²) in [6.07, 6.45) is 2.96. The Morgan fingerprint density at radius 3 is 1.57 bits per heavy atom. The Kier molecular flexibility index (Phi) is 4.44. The minimum Gasteiger partial charge on any atom is -0.113 e. The average molecular weight is 214 g/mol. The monoisotopic (exact) mass is 214 g/mol. The van der Waals surface area contributed by atoms with Crippen LogP contribution in [0.4, 0.5) is 0 Å². The standard InChI is InChI=1S/C13H27P/c1-9-10(2)12(4)13(11(9)3)7-8-14(5)6/h9-13H,7-8H2,1-6H3. The van der Waals surface area contributed by atoms with Gasteiger partial charge in [0.1, 0.15) is 0 Å². The zero-order valence-electron chi connectivity index (χ0n) is 10.7. The SMILES string of the molecule is CC1C(C)C(C)C(CCP(C)C)C1C. The summed E-state index contributed by atoms with van der Waals surface area (Å²) in [5, 5.41) is 0. The van der Waals surface area contributed by atoms with Crippen LogP contribution in [0.25, 0.3) is 0 Å².